The fraction of sp³-hybridized carbons (Fsp3) is 0.727. The van der Waals surface area contributed by atoms with E-state index >= 15 is 0 Å². The van der Waals surface area contributed by atoms with Crippen LogP contribution in [0, 0.1) is 0 Å². The summed E-state index contributed by atoms with van der Waals surface area (Å²) in [5.41, 5.74) is 0. The van der Waals surface area contributed by atoms with Crippen molar-refractivity contribution >= 4 is 28.7 Å². The van der Waals surface area contributed by atoms with Crippen molar-refractivity contribution in [1.29, 1.82) is 0 Å². The van der Waals surface area contributed by atoms with Crippen molar-refractivity contribution in [2.75, 3.05) is 6.61 Å². The predicted octanol–water partition coefficient (Wildman–Crippen LogP) is 8.08. The molecule has 1 aromatic rings. The van der Waals surface area contributed by atoms with E-state index in [1.54, 1.807) is 0 Å². The lowest BCUT2D eigenvalue weighted by molar-refractivity contribution is 0.225. The summed E-state index contributed by atoms with van der Waals surface area (Å²) in [4.78, 5) is 0. The maximum absolute atomic E-state index is 6.35. The molecule has 0 unspecified atom stereocenters. The van der Waals surface area contributed by atoms with E-state index in [1.165, 1.54) is 57.8 Å². The zero-order valence-corrected chi connectivity index (χ0v) is 21.4. The van der Waals surface area contributed by atoms with Gasteiger partial charge in [-0.15, -0.1) is 0 Å². The molecular weight excluding hydrogens is 404 g/mol. The monoisotopic (exact) mass is 444 g/mol. The summed E-state index contributed by atoms with van der Waals surface area (Å²) in [6.45, 7) is 11.4. The molecule has 0 spiro atoms. The Morgan fingerprint density at radius 1 is 0.750 bits per heavy atom. The van der Waals surface area contributed by atoms with Crippen LogP contribution in [0.25, 0.3) is 0 Å². The van der Waals surface area contributed by atoms with Crippen molar-refractivity contribution < 1.29 is 13.0 Å². The van der Waals surface area contributed by atoms with Crippen LogP contribution in [-0.2, 0) is 8.54 Å². The molecule has 0 aliphatic rings. The molecule has 1 rings (SSSR count). The van der Waals surface area contributed by atoms with Gasteiger partial charge in [-0.25, -0.2) is 0 Å². The number of rotatable bonds is 16. The Morgan fingerprint density at radius 2 is 1.29 bits per heavy atom. The van der Waals surface area contributed by atoms with Crippen LogP contribution in [0.2, 0.25) is 31.2 Å². The summed E-state index contributed by atoms with van der Waals surface area (Å²) in [5, 5.41) is 0.623. The van der Waals surface area contributed by atoms with E-state index in [0.29, 0.717) is 10.8 Å². The van der Waals surface area contributed by atoms with Gasteiger partial charge in [0.1, 0.15) is 5.75 Å². The van der Waals surface area contributed by atoms with Crippen LogP contribution in [-0.4, -0.2) is 23.7 Å². The van der Waals surface area contributed by atoms with Crippen molar-refractivity contribution in [3.8, 4) is 5.75 Å². The van der Waals surface area contributed by atoms with E-state index in [2.05, 4.69) is 33.1 Å². The molecule has 6 heteroatoms. The lowest BCUT2D eigenvalue weighted by Crippen LogP contribution is -2.50. The fourth-order valence-electron chi connectivity index (χ4n) is 3.34. The van der Waals surface area contributed by atoms with Crippen molar-refractivity contribution in [2.24, 2.45) is 0 Å². The topological polar surface area (TPSA) is 27.7 Å². The van der Waals surface area contributed by atoms with Crippen LogP contribution in [0.5, 0.6) is 5.75 Å². The minimum atomic E-state index is -2.36. The molecule has 0 saturated carbocycles. The van der Waals surface area contributed by atoms with Gasteiger partial charge in [0.25, 0.3) is 0 Å². The second kappa shape index (κ2) is 13.8. The van der Waals surface area contributed by atoms with E-state index in [1.807, 2.05) is 24.3 Å². The van der Waals surface area contributed by atoms with Gasteiger partial charge in [0.15, 0.2) is 0 Å². The number of para-hydroxylation sites is 1. The predicted molar refractivity (Wildman–Crippen MR) is 126 cm³/mol. The zero-order valence-electron chi connectivity index (χ0n) is 18.7. The van der Waals surface area contributed by atoms with Crippen molar-refractivity contribution in [2.45, 2.75) is 97.3 Å². The molecule has 3 nitrogen and oxygen atoms in total. The van der Waals surface area contributed by atoms with E-state index < -0.39 is 17.1 Å². The first kappa shape index (κ1) is 25.7. The minimum absolute atomic E-state index is 0.623. The highest BCUT2D eigenvalue weighted by Gasteiger charge is 2.38. The van der Waals surface area contributed by atoms with Crippen molar-refractivity contribution in [3.63, 3.8) is 0 Å². The Bertz CT molecular complexity index is 538. The molecule has 0 radical (unpaired) electrons. The highest BCUT2D eigenvalue weighted by atomic mass is 35.5. The van der Waals surface area contributed by atoms with Gasteiger partial charge in [0.05, 0.1) is 5.02 Å². The van der Waals surface area contributed by atoms with Crippen LogP contribution in [0.3, 0.4) is 0 Å². The van der Waals surface area contributed by atoms with Crippen LogP contribution in [0.4, 0.5) is 0 Å². The molecule has 162 valence electrons. The first-order chi connectivity index (χ1) is 13.3. The molecule has 0 saturated heterocycles. The SMILES string of the molecule is CCCCCCCCCCCCO[Si](C)(C)O[Si](C)(C)Oc1ccccc1Cl. The second-order valence-electron chi connectivity index (χ2n) is 8.46. The number of hydrogen-bond acceptors (Lipinski definition) is 3. The molecule has 0 aromatic heterocycles. The normalized spacial score (nSPS) is 12.4. The maximum Gasteiger partial charge on any atom is 0.383 e. The number of benzene rings is 1. The quantitative estimate of drug-likeness (QED) is 0.190. The van der Waals surface area contributed by atoms with Crippen LogP contribution >= 0.6 is 11.6 Å². The first-order valence-electron chi connectivity index (χ1n) is 11.0. The Hall–Kier alpha value is -0.336. The molecule has 0 bridgehead atoms. The van der Waals surface area contributed by atoms with E-state index in [9.17, 15) is 0 Å². The van der Waals surface area contributed by atoms with E-state index in [4.69, 9.17) is 24.6 Å². The molecule has 0 heterocycles. The largest absolute Gasteiger partial charge is 0.520 e. The van der Waals surface area contributed by atoms with Gasteiger partial charge < -0.3 is 13.0 Å². The van der Waals surface area contributed by atoms with E-state index in [-0.39, 0.29) is 0 Å². The summed E-state index contributed by atoms with van der Waals surface area (Å²) in [7, 11) is -4.57. The summed E-state index contributed by atoms with van der Waals surface area (Å²) < 4.78 is 18.6. The zero-order chi connectivity index (χ0) is 20.9. The summed E-state index contributed by atoms with van der Waals surface area (Å²) in [6.07, 6.45) is 13.3. The van der Waals surface area contributed by atoms with Gasteiger partial charge in [-0.3, -0.25) is 0 Å². The average Bonchev–Trinajstić information content (AvgIpc) is 2.60. The first-order valence-corrected chi connectivity index (χ1v) is 17.0. The number of hydrogen-bond donors (Lipinski definition) is 0. The lowest BCUT2D eigenvalue weighted by Gasteiger charge is -2.33. The number of halogens is 1. The molecule has 0 fully saturated rings. The number of unbranched alkanes of at least 4 members (excludes halogenated alkanes) is 9. The Morgan fingerprint density at radius 3 is 1.86 bits per heavy atom. The van der Waals surface area contributed by atoms with Crippen molar-refractivity contribution in [1.82, 2.24) is 0 Å². The standard InChI is InChI=1S/C22H41ClO3Si2/c1-6-7-8-9-10-11-12-13-14-17-20-24-27(2,3)26-28(4,5)25-22-19-16-15-18-21(22)23/h15-16,18-19H,6-14,17,20H2,1-5H3. The fourth-order valence-corrected chi connectivity index (χ4v) is 10.1. The van der Waals surface area contributed by atoms with Gasteiger partial charge in [0, 0.05) is 6.61 Å². The maximum atomic E-state index is 6.35. The van der Waals surface area contributed by atoms with Crippen LogP contribution < -0.4 is 4.43 Å². The molecular formula is C22H41ClO3Si2. The van der Waals surface area contributed by atoms with Gasteiger partial charge in [0.2, 0.25) is 0 Å². The Labute approximate surface area is 180 Å². The van der Waals surface area contributed by atoms with Gasteiger partial charge in [-0.2, -0.15) is 0 Å². The van der Waals surface area contributed by atoms with Gasteiger partial charge in [-0.1, -0.05) is 88.4 Å². The smallest absolute Gasteiger partial charge is 0.383 e. The Balaban J connectivity index is 2.17. The summed E-state index contributed by atoms with van der Waals surface area (Å²) in [6, 6.07) is 7.56. The minimum Gasteiger partial charge on any atom is -0.520 e. The highest BCUT2D eigenvalue weighted by Crippen LogP contribution is 2.28. The third-order valence-corrected chi connectivity index (χ3v) is 10.5. The third-order valence-electron chi connectivity index (χ3n) is 4.63. The van der Waals surface area contributed by atoms with Gasteiger partial charge in [-0.05, 0) is 44.7 Å². The molecule has 0 amide bonds. The van der Waals surface area contributed by atoms with Crippen LogP contribution in [0.1, 0.15) is 71.1 Å². The molecule has 0 aliphatic carbocycles. The third kappa shape index (κ3) is 12.3. The van der Waals surface area contributed by atoms with Crippen LogP contribution in [0.15, 0.2) is 24.3 Å². The summed E-state index contributed by atoms with van der Waals surface area (Å²) in [5.74, 6) is 0.695. The molecule has 0 atom stereocenters. The average molecular weight is 445 g/mol. The molecule has 0 aliphatic heterocycles. The summed E-state index contributed by atoms with van der Waals surface area (Å²) >= 11 is 6.21. The second-order valence-corrected chi connectivity index (χ2v) is 15.8. The molecule has 0 N–H and O–H groups in total. The van der Waals surface area contributed by atoms with Gasteiger partial charge >= 0.3 is 17.1 Å². The molecule has 28 heavy (non-hydrogen) atoms. The molecule has 1 aromatic carbocycles. The van der Waals surface area contributed by atoms with E-state index in [0.717, 1.165) is 13.0 Å². The highest BCUT2D eigenvalue weighted by molar-refractivity contribution is 6.79. The Kier molecular flexibility index (Phi) is 12.7. The lowest BCUT2D eigenvalue weighted by atomic mass is 10.1. The van der Waals surface area contributed by atoms with Crippen molar-refractivity contribution in [3.05, 3.63) is 29.3 Å².